The van der Waals surface area contributed by atoms with Crippen LogP contribution < -0.4 is 4.72 Å². The van der Waals surface area contributed by atoms with Gasteiger partial charge in [-0.3, -0.25) is 4.79 Å². The fourth-order valence-electron chi connectivity index (χ4n) is 2.68. The zero-order valence-corrected chi connectivity index (χ0v) is 14.5. The van der Waals surface area contributed by atoms with Crippen LogP contribution in [-0.4, -0.2) is 38.9 Å². The second-order valence-corrected chi connectivity index (χ2v) is 7.67. The summed E-state index contributed by atoms with van der Waals surface area (Å²) in [5, 5.41) is 1.10. The molecule has 0 aliphatic heterocycles. The minimum Gasteiger partial charge on any atom is -0.342 e. The van der Waals surface area contributed by atoms with Crippen molar-refractivity contribution in [3.63, 3.8) is 0 Å². The molecule has 0 atom stereocenters. The molecule has 1 fully saturated rings. The van der Waals surface area contributed by atoms with Crippen molar-refractivity contribution in [2.75, 3.05) is 13.6 Å². The summed E-state index contributed by atoms with van der Waals surface area (Å²) in [5.41, 5.74) is 1.92. The predicted octanol–water partition coefficient (Wildman–Crippen LogP) is 2.29. The number of carbonyl (C=O) groups is 1. The van der Waals surface area contributed by atoms with E-state index >= 15 is 0 Å². The highest BCUT2D eigenvalue weighted by Gasteiger charge is 2.23. The number of amides is 1. The van der Waals surface area contributed by atoms with Gasteiger partial charge in [-0.05, 0) is 31.4 Å². The van der Waals surface area contributed by atoms with Crippen molar-refractivity contribution >= 4 is 22.0 Å². The van der Waals surface area contributed by atoms with Crippen LogP contribution in [0.1, 0.15) is 36.8 Å². The van der Waals surface area contributed by atoms with Crippen LogP contribution in [0.2, 0.25) is 0 Å². The van der Waals surface area contributed by atoms with Crippen molar-refractivity contribution in [2.24, 2.45) is 0 Å². The van der Waals surface area contributed by atoms with Gasteiger partial charge < -0.3 is 4.90 Å². The maximum absolute atomic E-state index is 12.1. The molecule has 1 aliphatic carbocycles. The van der Waals surface area contributed by atoms with E-state index in [1.54, 1.807) is 11.9 Å². The van der Waals surface area contributed by atoms with E-state index in [2.05, 4.69) is 4.72 Å². The topological polar surface area (TPSA) is 66.5 Å². The number of aryl methyl sites for hydroxylation is 1. The molecule has 1 aliphatic rings. The van der Waals surface area contributed by atoms with E-state index in [1.807, 2.05) is 31.2 Å². The first-order chi connectivity index (χ1) is 10.9. The second kappa shape index (κ2) is 7.75. The lowest BCUT2D eigenvalue weighted by molar-refractivity contribution is -0.130. The van der Waals surface area contributed by atoms with E-state index in [4.69, 9.17) is 0 Å². The molecule has 6 heteroatoms. The molecule has 0 spiro atoms. The Kier molecular flexibility index (Phi) is 5.96. The third-order valence-electron chi connectivity index (χ3n) is 4.21. The van der Waals surface area contributed by atoms with Gasteiger partial charge in [0, 0.05) is 18.5 Å². The molecule has 5 nitrogen and oxygen atoms in total. The summed E-state index contributed by atoms with van der Waals surface area (Å²) in [7, 11) is -1.88. The smallest absolute Gasteiger partial charge is 0.237 e. The third kappa shape index (κ3) is 5.48. The number of hydrogen-bond donors (Lipinski definition) is 1. The van der Waals surface area contributed by atoms with Crippen LogP contribution in [0.3, 0.4) is 0 Å². The minimum atomic E-state index is -3.62. The second-order valence-electron chi connectivity index (χ2n) is 6.02. The van der Waals surface area contributed by atoms with Gasteiger partial charge in [-0.15, -0.1) is 0 Å². The summed E-state index contributed by atoms with van der Waals surface area (Å²) in [6.45, 7) is 1.77. The van der Waals surface area contributed by atoms with E-state index in [-0.39, 0.29) is 18.5 Å². The number of carbonyl (C=O) groups excluding carboxylic acids is 1. The summed E-state index contributed by atoms with van der Waals surface area (Å²) in [5.74, 6) is -0.191. The van der Waals surface area contributed by atoms with Crippen LogP contribution in [0.15, 0.2) is 29.7 Å². The van der Waals surface area contributed by atoms with Crippen LogP contribution in [0, 0.1) is 6.92 Å². The number of rotatable bonds is 6. The van der Waals surface area contributed by atoms with Gasteiger partial charge in [0.25, 0.3) is 0 Å². The number of sulfonamides is 1. The Morgan fingerprint density at radius 2 is 1.87 bits per heavy atom. The lowest BCUT2D eigenvalue weighted by Gasteiger charge is -2.24. The lowest BCUT2D eigenvalue weighted by Crippen LogP contribution is -2.41. The first-order valence-corrected chi connectivity index (χ1v) is 9.42. The molecule has 0 aromatic heterocycles. The summed E-state index contributed by atoms with van der Waals surface area (Å²) in [4.78, 5) is 13.7. The molecule has 126 valence electrons. The van der Waals surface area contributed by atoms with Crippen molar-refractivity contribution in [1.29, 1.82) is 0 Å². The fourth-order valence-corrected chi connectivity index (χ4v) is 3.43. The predicted molar refractivity (Wildman–Crippen MR) is 92.2 cm³/mol. The molecular formula is C17H24N2O3S. The number of likely N-dealkylation sites (N-methyl/N-ethyl adjacent to an activating group) is 1. The molecular weight excluding hydrogens is 312 g/mol. The molecule has 1 amide bonds. The fraction of sp³-hybridized carbons (Fsp3) is 0.471. The SMILES string of the molecule is Cc1ccc(/C=C/S(=O)(=O)NCC(=O)N(C)C2CCCC2)cc1. The van der Waals surface area contributed by atoms with Gasteiger partial charge in [-0.1, -0.05) is 42.7 Å². The first-order valence-electron chi connectivity index (χ1n) is 7.87. The Morgan fingerprint density at radius 3 is 2.48 bits per heavy atom. The summed E-state index contributed by atoms with van der Waals surface area (Å²) in [6, 6.07) is 7.77. The zero-order valence-electron chi connectivity index (χ0n) is 13.7. The van der Waals surface area contributed by atoms with E-state index in [0.29, 0.717) is 0 Å². The molecule has 0 heterocycles. The lowest BCUT2D eigenvalue weighted by atomic mass is 10.2. The summed E-state index contributed by atoms with van der Waals surface area (Å²) >= 11 is 0. The van der Waals surface area contributed by atoms with Crippen LogP contribution in [0.25, 0.3) is 6.08 Å². The average molecular weight is 336 g/mol. The number of nitrogens with one attached hydrogen (secondary N) is 1. The molecule has 1 aromatic rings. The third-order valence-corrected chi connectivity index (χ3v) is 5.25. The van der Waals surface area contributed by atoms with Gasteiger partial charge in [-0.25, -0.2) is 13.1 Å². The maximum Gasteiger partial charge on any atom is 0.237 e. The van der Waals surface area contributed by atoms with Crippen LogP contribution >= 0.6 is 0 Å². The van der Waals surface area contributed by atoms with Crippen molar-refractivity contribution in [3.05, 3.63) is 40.8 Å². The summed E-state index contributed by atoms with van der Waals surface area (Å²) in [6.07, 6.45) is 5.79. The monoisotopic (exact) mass is 336 g/mol. The molecule has 1 aromatic carbocycles. The van der Waals surface area contributed by atoms with Crippen LogP contribution in [-0.2, 0) is 14.8 Å². The largest absolute Gasteiger partial charge is 0.342 e. The van der Waals surface area contributed by atoms with Crippen molar-refractivity contribution in [3.8, 4) is 0 Å². The molecule has 0 unspecified atom stereocenters. The minimum absolute atomic E-state index is 0.191. The highest BCUT2D eigenvalue weighted by atomic mass is 32.2. The molecule has 0 saturated heterocycles. The number of benzene rings is 1. The van der Waals surface area contributed by atoms with Crippen molar-refractivity contribution < 1.29 is 13.2 Å². The van der Waals surface area contributed by atoms with E-state index in [1.165, 1.54) is 6.08 Å². The molecule has 0 radical (unpaired) electrons. The highest BCUT2D eigenvalue weighted by molar-refractivity contribution is 7.92. The van der Waals surface area contributed by atoms with Gasteiger partial charge in [0.1, 0.15) is 0 Å². The van der Waals surface area contributed by atoms with Gasteiger partial charge in [-0.2, -0.15) is 0 Å². The van der Waals surface area contributed by atoms with Gasteiger partial charge in [0.15, 0.2) is 0 Å². The van der Waals surface area contributed by atoms with E-state index in [9.17, 15) is 13.2 Å². The normalized spacial score (nSPS) is 16.1. The first kappa shape index (κ1) is 17.7. The van der Waals surface area contributed by atoms with E-state index < -0.39 is 10.0 Å². The van der Waals surface area contributed by atoms with E-state index in [0.717, 1.165) is 42.2 Å². The molecule has 1 N–H and O–H groups in total. The molecule has 1 saturated carbocycles. The Balaban J connectivity index is 1.88. The van der Waals surface area contributed by atoms with Gasteiger partial charge in [0.2, 0.25) is 15.9 Å². The summed E-state index contributed by atoms with van der Waals surface area (Å²) < 4.78 is 26.2. The Labute approximate surface area is 138 Å². The number of hydrogen-bond acceptors (Lipinski definition) is 3. The Hall–Kier alpha value is -1.66. The molecule has 2 rings (SSSR count). The van der Waals surface area contributed by atoms with Crippen molar-refractivity contribution in [1.82, 2.24) is 9.62 Å². The molecule has 0 bridgehead atoms. The Bertz CT molecular complexity index is 660. The highest BCUT2D eigenvalue weighted by Crippen LogP contribution is 2.22. The standard InChI is InChI=1S/C17H24N2O3S/c1-14-7-9-15(10-8-14)11-12-23(21,22)18-13-17(20)19(2)16-5-3-4-6-16/h7-12,16,18H,3-6,13H2,1-2H3/b12-11+. The maximum atomic E-state index is 12.1. The Morgan fingerprint density at radius 1 is 1.26 bits per heavy atom. The number of nitrogens with zero attached hydrogens (tertiary/aromatic N) is 1. The van der Waals surface area contributed by atoms with Gasteiger partial charge >= 0.3 is 0 Å². The zero-order chi connectivity index (χ0) is 16.9. The van der Waals surface area contributed by atoms with Crippen molar-refractivity contribution in [2.45, 2.75) is 38.6 Å². The molecule has 23 heavy (non-hydrogen) atoms. The quantitative estimate of drug-likeness (QED) is 0.867. The average Bonchev–Trinajstić information content (AvgIpc) is 3.06. The van der Waals surface area contributed by atoms with Gasteiger partial charge in [0.05, 0.1) is 6.54 Å². The van der Waals surface area contributed by atoms with Crippen LogP contribution in [0.5, 0.6) is 0 Å². The van der Waals surface area contributed by atoms with Crippen LogP contribution in [0.4, 0.5) is 0 Å².